The van der Waals surface area contributed by atoms with Crippen LogP contribution >= 0.6 is 0 Å². The van der Waals surface area contributed by atoms with Gasteiger partial charge >= 0.3 is 0 Å². The normalized spacial score (nSPS) is 24.3. The Morgan fingerprint density at radius 1 is 1.60 bits per heavy atom. The Morgan fingerprint density at radius 2 is 2.45 bits per heavy atom. The molecule has 0 aromatic carbocycles. The number of hydrogen-bond acceptors (Lipinski definition) is 3. The van der Waals surface area contributed by atoms with Gasteiger partial charge < -0.3 is 15.1 Å². The van der Waals surface area contributed by atoms with Crippen LogP contribution in [0.3, 0.4) is 0 Å². The van der Waals surface area contributed by atoms with E-state index in [0.29, 0.717) is 0 Å². The van der Waals surface area contributed by atoms with E-state index in [1.54, 1.807) is 6.26 Å². The molecule has 1 amide bonds. The smallest absolute Gasteiger partial charge is 0.227 e. The first-order valence-corrected chi connectivity index (χ1v) is 7.70. The van der Waals surface area contributed by atoms with E-state index in [2.05, 4.69) is 17.6 Å². The van der Waals surface area contributed by atoms with Gasteiger partial charge in [-0.25, -0.2) is 0 Å². The highest BCUT2D eigenvalue weighted by Crippen LogP contribution is 2.32. The lowest BCUT2D eigenvalue weighted by Gasteiger charge is -2.37. The first-order chi connectivity index (χ1) is 9.66. The minimum absolute atomic E-state index is 0.101. The molecule has 2 heterocycles. The van der Waals surface area contributed by atoms with Crippen LogP contribution < -0.4 is 10.6 Å². The number of hydrogen-bond donors (Lipinski definition) is 2. The minimum Gasteiger partial charge on any atom is -0.469 e. The molecule has 2 unspecified atom stereocenters. The zero-order valence-electron chi connectivity index (χ0n) is 12.6. The lowest BCUT2D eigenvalue weighted by Crippen LogP contribution is -2.52. The third kappa shape index (κ3) is 3.63. The predicted molar refractivity (Wildman–Crippen MR) is 79.5 cm³/mol. The summed E-state index contributed by atoms with van der Waals surface area (Å²) in [5.74, 6) is 1.12. The molecule has 1 saturated heterocycles. The maximum absolute atomic E-state index is 12.7. The predicted octanol–water partition coefficient (Wildman–Crippen LogP) is 2.50. The van der Waals surface area contributed by atoms with Crippen molar-refractivity contribution in [1.82, 2.24) is 10.6 Å². The summed E-state index contributed by atoms with van der Waals surface area (Å²) in [6, 6.07) is 3.93. The first-order valence-electron chi connectivity index (χ1n) is 7.70. The number of piperidine rings is 1. The fourth-order valence-corrected chi connectivity index (χ4v) is 3.13. The molecule has 1 aliphatic rings. The van der Waals surface area contributed by atoms with E-state index >= 15 is 0 Å². The molecule has 1 aliphatic heterocycles. The summed E-state index contributed by atoms with van der Waals surface area (Å²) in [5.41, 5.74) is -0.218. The number of carbonyl (C=O) groups excluding carboxylic acids is 1. The molecule has 0 spiro atoms. The molecule has 2 N–H and O–H groups in total. The van der Waals surface area contributed by atoms with Crippen LogP contribution in [-0.4, -0.2) is 25.0 Å². The molecule has 0 aliphatic carbocycles. The second-order valence-electron chi connectivity index (χ2n) is 5.97. The van der Waals surface area contributed by atoms with E-state index in [1.807, 2.05) is 19.1 Å². The zero-order chi connectivity index (χ0) is 14.4. The molecule has 4 heteroatoms. The maximum Gasteiger partial charge on any atom is 0.227 e. The molecule has 2 atom stereocenters. The molecule has 1 aromatic rings. The zero-order valence-corrected chi connectivity index (χ0v) is 12.6. The summed E-state index contributed by atoms with van der Waals surface area (Å²) in [5, 5.41) is 6.56. The highest BCUT2D eigenvalue weighted by atomic mass is 16.3. The van der Waals surface area contributed by atoms with Crippen LogP contribution in [0.1, 0.15) is 45.3 Å². The lowest BCUT2D eigenvalue weighted by atomic mass is 9.76. The Balaban J connectivity index is 1.93. The van der Waals surface area contributed by atoms with Gasteiger partial charge in [-0.05, 0) is 44.9 Å². The van der Waals surface area contributed by atoms with Crippen LogP contribution in [0.25, 0.3) is 0 Å². The molecule has 0 bridgehead atoms. The summed E-state index contributed by atoms with van der Waals surface area (Å²) in [7, 11) is 0. The number of rotatable bonds is 6. The van der Waals surface area contributed by atoms with Crippen molar-refractivity contribution in [2.24, 2.45) is 5.41 Å². The summed E-state index contributed by atoms with van der Waals surface area (Å²) in [4.78, 5) is 12.7. The number of amides is 1. The van der Waals surface area contributed by atoms with E-state index in [9.17, 15) is 4.79 Å². The Kier molecular flexibility index (Phi) is 5.24. The molecule has 0 radical (unpaired) electrons. The molecule has 112 valence electrons. The Labute approximate surface area is 121 Å². The monoisotopic (exact) mass is 278 g/mol. The van der Waals surface area contributed by atoms with Gasteiger partial charge in [0.1, 0.15) is 5.76 Å². The third-order valence-electron chi connectivity index (χ3n) is 4.15. The molecular formula is C16H26N2O2. The Bertz CT molecular complexity index is 403. The van der Waals surface area contributed by atoms with Crippen molar-refractivity contribution in [2.75, 3.05) is 13.1 Å². The van der Waals surface area contributed by atoms with Crippen molar-refractivity contribution in [3.8, 4) is 0 Å². The largest absolute Gasteiger partial charge is 0.469 e. The maximum atomic E-state index is 12.7. The van der Waals surface area contributed by atoms with Crippen LogP contribution in [0.2, 0.25) is 0 Å². The van der Waals surface area contributed by atoms with Gasteiger partial charge in [0.15, 0.2) is 0 Å². The van der Waals surface area contributed by atoms with Crippen molar-refractivity contribution in [2.45, 2.75) is 52.0 Å². The van der Waals surface area contributed by atoms with Gasteiger partial charge in [-0.1, -0.05) is 13.3 Å². The van der Waals surface area contributed by atoms with Crippen LogP contribution in [0.5, 0.6) is 0 Å². The summed E-state index contributed by atoms with van der Waals surface area (Å²) in [6.45, 7) is 6.02. The molecule has 0 saturated carbocycles. The quantitative estimate of drug-likeness (QED) is 0.840. The number of furan rings is 1. The van der Waals surface area contributed by atoms with E-state index < -0.39 is 0 Å². The lowest BCUT2D eigenvalue weighted by molar-refractivity contribution is -0.133. The van der Waals surface area contributed by atoms with E-state index in [-0.39, 0.29) is 17.4 Å². The highest BCUT2D eigenvalue weighted by molar-refractivity contribution is 5.83. The topological polar surface area (TPSA) is 54.3 Å². The number of carbonyl (C=O) groups is 1. The van der Waals surface area contributed by atoms with Gasteiger partial charge in [0.05, 0.1) is 11.7 Å². The summed E-state index contributed by atoms with van der Waals surface area (Å²) in [6.07, 6.45) is 6.50. The van der Waals surface area contributed by atoms with E-state index in [0.717, 1.165) is 51.0 Å². The third-order valence-corrected chi connectivity index (χ3v) is 4.15. The Hall–Kier alpha value is -1.29. The molecule has 1 aromatic heterocycles. The standard InChI is InChI=1S/C16H26N2O2/c1-3-7-16(8-5-9-17-12-16)15(19)18-13(2)11-14-6-4-10-20-14/h4,6,10,13,17H,3,5,7-9,11-12H2,1-2H3,(H,18,19). The Morgan fingerprint density at radius 3 is 3.05 bits per heavy atom. The molecule has 4 nitrogen and oxygen atoms in total. The fourth-order valence-electron chi connectivity index (χ4n) is 3.13. The van der Waals surface area contributed by atoms with Crippen molar-refractivity contribution in [1.29, 1.82) is 0 Å². The highest BCUT2D eigenvalue weighted by Gasteiger charge is 2.38. The van der Waals surface area contributed by atoms with Crippen LogP contribution in [0.4, 0.5) is 0 Å². The van der Waals surface area contributed by atoms with Gasteiger partial charge in [-0.15, -0.1) is 0 Å². The van der Waals surface area contributed by atoms with E-state index in [4.69, 9.17) is 4.42 Å². The van der Waals surface area contributed by atoms with Crippen molar-refractivity contribution in [3.63, 3.8) is 0 Å². The summed E-state index contributed by atoms with van der Waals surface area (Å²) >= 11 is 0. The van der Waals surface area contributed by atoms with Gasteiger partial charge in [0.2, 0.25) is 5.91 Å². The average Bonchev–Trinajstić information content (AvgIpc) is 2.92. The first kappa shape index (κ1) is 15.1. The molecule has 1 fully saturated rings. The van der Waals surface area contributed by atoms with Crippen molar-refractivity contribution < 1.29 is 9.21 Å². The van der Waals surface area contributed by atoms with Gasteiger partial charge in [-0.3, -0.25) is 4.79 Å². The van der Waals surface area contributed by atoms with Crippen molar-refractivity contribution >= 4 is 5.91 Å². The van der Waals surface area contributed by atoms with Crippen LogP contribution in [0.15, 0.2) is 22.8 Å². The van der Waals surface area contributed by atoms with Crippen LogP contribution in [-0.2, 0) is 11.2 Å². The van der Waals surface area contributed by atoms with E-state index in [1.165, 1.54) is 0 Å². The second-order valence-corrected chi connectivity index (χ2v) is 5.97. The number of nitrogens with one attached hydrogen (secondary N) is 2. The summed E-state index contributed by atoms with van der Waals surface area (Å²) < 4.78 is 5.34. The SMILES string of the molecule is CCCC1(C(=O)NC(C)Cc2ccco2)CCCNC1. The molecule has 20 heavy (non-hydrogen) atoms. The molecule has 2 rings (SSSR count). The molecular weight excluding hydrogens is 252 g/mol. The van der Waals surface area contributed by atoms with Gasteiger partial charge in [0.25, 0.3) is 0 Å². The fraction of sp³-hybridized carbons (Fsp3) is 0.688. The second kappa shape index (κ2) is 6.93. The van der Waals surface area contributed by atoms with Crippen molar-refractivity contribution in [3.05, 3.63) is 24.2 Å². The average molecular weight is 278 g/mol. The van der Waals surface area contributed by atoms with Crippen LogP contribution in [0, 0.1) is 5.41 Å². The minimum atomic E-state index is -0.218. The van der Waals surface area contributed by atoms with Gasteiger partial charge in [0, 0.05) is 19.0 Å². The van der Waals surface area contributed by atoms with Gasteiger partial charge in [-0.2, -0.15) is 0 Å².